The molecule has 1 fully saturated rings. The van der Waals surface area contributed by atoms with Crippen LogP contribution in [0.2, 0.25) is 5.02 Å². The predicted octanol–water partition coefficient (Wildman–Crippen LogP) is 4.61. The van der Waals surface area contributed by atoms with E-state index in [1.807, 2.05) is 12.1 Å². The minimum Gasteiger partial charge on any atom is -0.329 e. The molecule has 0 bridgehead atoms. The summed E-state index contributed by atoms with van der Waals surface area (Å²) >= 11 is 9.67. The molecule has 1 atom stereocenters. The molecule has 0 radical (unpaired) electrons. The molecule has 1 heterocycles. The van der Waals surface area contributed by atoms with Crippen LogP contribution < -0.4 is 5.73 Å². The van der Waals surface area contributed by atoms with Gasteiger partial charge in [0.1, 0.15) is 0 Å². The van der Waals surface area contributed by atoms with Crippen molar-refractivity contribution >= 4 is 27.5 Å². The minimum atomic E-state index is 0.274. The van der Waals surface area contributed by atoms with Crippen LogP contribution in [0.5, 0.6) is 0 Å². The first-order valence-corrected chi connectivity index (χ1v) is 8.49. The van der Waals surface area contributed by atoms with Gasteiger partial charge in [-0.05, 0) is 55.5 Å². The third-order valence-corrected chi connectivity index (χ3v) is 5.28. The zero-order chi connectivity index (χ0) is 14.8. The lowest BCUT2D eigenvalue weighted by molar-refractivity contribution is 0.199. The third-order valence-electron chi connectivity index (χ3n) is 4.36. The van der Waals surface area contributed by atoms with Crippen molar-refractivity contribution in [2.24, 2.45) is 11.1 Å². The molecule has 20 heavy (non-hydrogen) atoms. The molecule has 0 aliphatic carbocycles. The van der Waals surface area contributed by atoms with Crippen molar-refractivity contribution < 1.29 is 0 Å². The lowest BCUT2D eigenvalue weighted by Crippen LogP contribution is -2.35. The number of halogens is 2. The number of nitrogens with two attached hydrogens (primary N) is 1. The summed E-state index contributed by atoms with van der Waals surface area (Å²) in [5.74, 6) is 0. The first-order valence-electron chi connectivity index (χ1n) is 7.32. The summed E-state index contributed by atoms with van der Waals surface area (Å²) in [6, 6.07) is 6.28. The van der Waals surface area contributed by atoms with Crippen molar-refractivity contribution in [1.82, 2.24) is 4.90 Å². The van der Waals surface area contributed by atoms with E-state index < -0.39 is 0 Å². The standard InChI is InChI=1S/C16H24BrClN2/c1-16(2)6-3-8-20(9-7-16)15(11-19)13-5-4-12(18)10-14(13)17/h4-5,10,15H,3,6-9,11,19H2,1-2H3. The van der Waals surface area contributed by atoms with Crippen molar-refractivity contribution in [3.63, 3.8) is 0 Å². The van der Waals surface area contributed by atoms with E-state index in [0.717, 1.165) is 22.6 Å². The number of nitrogens with zero attached hydrogens (tertiary/aromatic N) is 1. The van der Waals surface area contributed by atoms with Crippen LogP contribution >= 0.6 is 27.5 Å². The molecule has 1 aromatic carbocycles. The van der Waals surface area contributed by atoms with Crippen LogP contribution in [0.15, 0.2) is 22.7 Å². The Morgan fingerprint density at radius 1 is 1.35 bits per heavy atom. The topological polar surface area (TPSA) is 29.3 Å². The Morgan fingerprint density at radius 2 is 2.10 bits per heavy atom. The van der Waals surface area contributed by atoms with Gasteiger partial charge < -0.3 is 5.73 Å². The Kier molecular flexibility index (Phi) is 5.52. The molecule has 1 aliphatic heterocycles. The molecule has 0 aromatic heterocycles. The quantitative estimate of drug-likeness (QED) is 0.853. The highest BCUT2D eigenvalue weighted by Crippen LogP contribution is 2.35. The third kappa shape index (κ3) is 3.97. The molecule has 1 aromatic rings. The molecule has 1 saturated heterocycles. The highest BCUT2D eigenvalue weighted by molar-refractivity contribution is 9.10. The van der Waals surface area contributed by atoms with Gasteiger partial charge in [0.15, 0.2) is 0 Å². The van der Waals surface area contributed by atoms with Gasteiger partial charge in [-0.25, -0.2) is 0 Å². The first kappa shape index (κ1) is 16.3. The summed E-state index contributed by atoms with van der Waals surface area (Å²) in [7, 11) is 0. The second-order valence-corrected chi connectivity index (χ2v) is 7.76. The zero-order valence-electron chi connectivity index (χ0n) is 12.3. The van der Waals surface area contributed by atoms with Gasteiger partial charge in [-0.2, -0.15) is 0 Å². The van der Waals surface area contributed by atoms with E-state index >= 15 is 0 Å². The summed E-state index contributed by atoms with van der Waals surface area (Å²) in [6.45, 7) is 7.61. The fourth-order valence-corrected chi connectivity index (χ4v) is 3.95. The number of rotatable bonds is 3. The van der Waals surface area contributed by atoms with E-state index in [0.29, 0.717) is 12.0 Å². The van der Waals surface area contributed by atoms with E-state index in [9.17, 15) is 0 Å². The fourth-order valence-electron chi connectivity index (χ4n) is 3.00. The normalized spacial score (nSPS) is 21.4. The van der Waals surface area contributed by atoms with Crippen LogP contribution in [0.1, 0.15) is 44.7 Å². The van der Waals surface area contributed by atoms with Gasteiger partial charge in [0.25, 0.3) is 0 Å². The Balaban J connectivity index is 2.19. The molecule has 2 N–H and O–H groups in total. The monoisotopic (exact) mass is 358 g/mol. The van der Waals surface area contributed by atoms with Crippen LogP contribution in [-0.4, -0.2) is 24.5 Å². The lowest BCUT2D eigenvalue weighted by Gasteiger charge is -2.31. The fraction of sp³-hybridized carbons (Fsp3) is 0.625. The van der Waals surface area contributed by atoms with Crippen molar-refractivity contribution in [1.29, 1.82) is 0 Å². The molecule has 4 heteroatoms. The van der Waals surface area contributed by atoms with Crippen molar-refractivity contribution in [3.05, 3.63) is 33.3 Å². The summed E-state index contributed by atoms with van der Waals surface area (Å²) in [6.07, 6.45) is 3.77. The highest BCUT2D eigenvalue weighted by Gasteiger charge is 2.27. The molecule has 0 saturated carbocycles. The Hall–Kier alpha value is -0.0900. The average molecular weight is 360 g/mol. The van der Waals surface area contributed by atoms with Gasteiger partial charge in [0.05, 0.1) is 0 Å². The van der Waals surface area contributed by atoms with Crippen molar-refractivity contribution in [2.45, 2.75) is 39.2 Å². The van der Waals surface area contributed by atoms with Crippen LogP contribution in [0.3, 0.4) is 0 Å². The first-order chi connectivity index (χ1) is 9.43. The lowest BCUT2D eigenvalue weighted by atomic mass is 9.85. The SMILES string of the molecule is CC1(C)CCCN(C(CN)c2ccc(Cl)cc2Br)CC1. The van der Waals surface area contributed by atoms with Crippen LogP contribution in [0.25, 0.3) is 0 Å². The maximum Gasteiger partial charge on any atom is 0.0481 e. The van der Waals surface area contributed by atoms with E-state index in [4.69, 9.17) is 17.3 Å². The van der Waals surface area contributed by atoms with E-state index in [2.05, 4.69) is 40.7 Å². The Labute approximate surface area is 135 Å². The molecule has 2 nitrogen and oxygen atoms in total. The molecule has 2 rings (SSSR count). The molecule has 112 valence electrons. The maximum absolute atomic E-state index is 6.07. The van der Waals surface area contributed by atoms with Crippen LogP contribution in [0, 0.1) is 5.41 Å². The summed E-state index contributed by atoms with van der Waals surface area (Å²) in [5.41, 5.74) is 7.76. The number of hydrogen-bond donors (Lipinski definition) is 1. The van der Waals surface area contributed by atoms with Gasteiger partial charge in [-0.15, -0.1) is 0 Å². The van der Waals surface area contributed by atoms with Crippen molar-refractivity contribution in [3.8, 4) is 0 Å². The Bertz CT molecular complexity index is 462. The number of hydrogen-bond acceptors (Lipinski definition) is 2. The Morgan fingerprint density at radius 3 is 2.75 bits per heavy atom. The van der Waals surface area contributed by atoms with E-state index in [1.165, 1.54) is 24.8 Å². The van der Waals surface area contributed by atoms with Crippen molar-refractivity contribution in [2.75, 3.05) is 19.6 Å². The molecule has 1 aliphatic rings. The molecular weight excluding hydrogens is 336 g/mol. The number of likely N-dealkylation sites (tertiary alicyclic amines) is 1. The smallest absolute Gasteiger partial charge is 0.0481 e. The van der Waals surface area contributed by atoms with Gasteiger partial charge in [-0.3, -0.25) is 4.90 Å². The highest BCUT2D eigenvalue weighted by atomic mass is 79.9. The molecule has 0 amide bonds. The summed E-state index contributed by atoms with van der Waals surface area (Å²) < 4.78 is 1.06. The molecule has 0 spiro atoms. The summed E-state index contributed by atoms with van der Waals surface area (Å²) in [4.78, 5) is 2.53. The van der Waals surface area contributed by atoms with Gasteiger partial charge >= 0.3 is 0 Å². The average Bonchev–Trinajstić information content (AvgIpc) is 2.54. The number of benzene rings is 1. The van der Waals surface area contributed by atoms with Gasteiger partial charge in [0.2, 0.25) is 0 Å². The van der Waals surface area contributed by atoms with Gasteiger partial charge in [0, 0.05) is 22.1 Å². The zero-order valence-corrected chi connectivity index (χ0v) is 14.7. The molecular formula is C16H24BrClN2. The van der Waals surface area contributed by atoms with Gasteiger partial charge in [-0.1, -0.05) is 47.4 Å². The van der Waals surface area contributed by atoms with Crippen LogP contribution in [0.4, 0.5) is 0 Å². The molecule has 1 unspecified atom stereocenters. The second-order valence-electron chi connectivity index (χ2n) is 6.47. The largest absolute Gasteiger partial charge is 0.329 e. The van der Waals surface area contributed by atoms with Crippen LogP contribution in [-0.2, 0) is 0 Å². The summed E-state index contributed by atoms with van der Waals surface area (Å²) in [5, 5.41) is 0.758. The van der Waals surface area contributed by atoms with E-state index in [-0.39, 0.29) is 6.04 Å². The second kappa shape index (κ2) is 6.78. The van der Waals surface area contributed by atoms with E-state index in [1.54, 1.807) is 0 Å². The maximum atomic E-state index is 6.07. The minimum absolute atomic E-state index is 0.274. The predicted molar refractivity (Wildman–Crippen MR) is 90.2 cm³/mol.